The molecule has 0 fully saturated rings. The Morgan fingerprint density at radius 2 is 1.43 bits per heavy atom. The van der Waals surface area contributed by atoms with Gasteiger partial charge in [0, 0.05) is 6.42 Å². The quantitative estimate of drug-likeness (QED) is 0.290. The van der Waals surface area contributed by atoms with Crippen molar-refractivity contribution in [1.29, 1.82) is 0 Å². The number of rotatable bonds is 10. The molecule has 0 aliphatic rings. The first-order valence-corrected chi connectivity index (χ1v) is 6.00. The molecule has 1 nitrogen and oxygen atoms in total. The fourth-order valence-corrected chi connectivity index (χ4v) is 1.42. The maximum absolute atomic E-state index is 10.0. The Labute approximate surface area is 88.6 Å². The lowest BCUT2D eigenvalue weighted by Crippen LogP contribution is -1.77. The van der Waals surface area contributed by atoms with Gasteiger partial charge in [-0.15, -0.1) is 0 Å². The van der Waals surface area contributed by atoms with E-state index in [1.54, 1.807) is 0 Å². The van der Waals surface area contributed by atoms with Crippen LogP contribution in [0.3, 0.4) is 0 Å². The molecule has 0 saturated heterocycles. The van der Waals surface area contributed by atoms with E-state index in [-0.39, 0.29) is 0 Å². The molecule has 0 atom stereocenters. The summed E-state index contributed by atoms with van der Waals surface area (Å²) in [6.07, 6.45) is 16.2. The molecular weight excluding hydrogens is 172 g/mol. The van der Waals surface area contributed by atoms with E-state index in [1.165, 1.54) is 38.5 Å². The van der Waals surface area contributed by atoms with E-state index in [4.69, 9.17) is 0 Å². The van der Waals surface area contributed by atoms with Gasteiger partial charge in [-0.25, -0.2) is 0 Å². The van der Waals surface area contributed by atoms with Crippen molar-refractivity contribution in [2.75, 3.05) is 0 Å². The number of carbonyl (C=O) groups is 1. The highest BCUT2D eigenvalue weighted by Crippen LogP contribution is 2.05. The van der Waals surface area contributed by atoms with Crippen LogP contribution in [0.4, 0.5) is 0 Å². The molecule has 0 heterocycles. The Morgan fingerprint density at radius 1 is 0.786 bits per heavy atom. The number of hydrogen-bond acceptors (Lipinski definition) is 1. The zero-order valence-corrected chi connectivity index (χ0v) is 9.50. The van der Waals surface area contributed by atoms with Gasteiger partial charge in [0.15, 0.2) is 0 Å². The SMILES string of the molecule is CCCCCCC/C=C/CCCC=O. The molecule has 0 radical (unpaired) electrons. The first kappa shape index (κ1) is 13.4. The summed E-state index contributed by atoms with van der Waals surface area (Å²) in [5.74, 6) is 0. The molecule has 0 saturated carbocycles. The maximum atomic E-state index is 10.0. The average Bonchev–Trinajstić information content (AvgIpc) is 2.21. The Balaban J connectivity index is 2.99. The number of allylic oxidation sites excluding steroid dienone is 2. The van der Waals surface area contributed by atoms with Crippen molar-refractivity contribution in [3.05, 3.63) is 12.2 Å². The van der Waals surface area contributed by atoms with Crippen LogP contribution in [-0.2, 0) is 4.79 Å². The molecule has 0 aliphatic carbocycles. The molecule has 0 aromatic carbocycles. The van der Waals surface area contributed by atoms with Crippen molar-refractivity contribution in [3.63, 3.8) is 0 Å². The van der Waals surface area contributed by atoms with Crippen molar-refractivity contribution >= 4 is 6.29 Å². The van der Waals surface area contributed by atoms with E-state index in [0.29, 0.717) is 6.42 Å². The fourth-order valence-electron chi connectivity index (χ4n) is 1.42. The van der Waals surface area contributed by atoms with Crippen molar-refractivity contribution in [2.24, 2.45) is 0 Å². The summed E-state index contributed by atoms with van der Waals surface area (Å²) in [4.78, 5) is 10.0. The standard InChI is InChI=1S/C13H24O/c1-2-3-4-5-6-7-8-9-10-11-12-13-14/h8-9,13H,2-7,10-12H2,1H3/b9-8+. The van der Waals surface area contributed by atoms with E-state index in [2.05, 4.69) is 19.1 Å². The van der Waals surface area contributed by atoms with E-state index >= 15 is 0 Å². The van der Waals surface area contributed by atoms with Crippen LogP contribution in [0.1, 0.15) is 64.7 Å². The van der Waals surface area contributed by atoms with Crippen LogP contribution in [-0.4, -0.2) is 6.29 Å². The molecule has 82 valence electrons. The summed E-state index contributed by atoms with van der Waals surface area (Å²) in [5.41, 5.74) is 0. The highest BCUT2D eigenvalue weighted by Gasteiger charge is 1.86. The van der Waals surface area contributed by atoms with Crippen molar-refractivity contribution in [3.8, 4) is 0 Å². The zero-order chi connectivity index (χ0) is 10.5. The van der Waals surface area contributed by atoms with Gasteiger partial charge in [-0.3, -0.25) is 0 Å². The number of unbranched alkanes of at least 4 members (excludes halogenated alkanes) is 7. The Hall–Kier alpha value is -0.590. The summed E-state index contributed by atoms with van der Waals surface area (Å²) < 4.78 is 0. The van der Waals surface area contributed by atoms with Crippen molar-refractivity contribution < 1.29 is 4.79 Å². The average molecular weight is 196 g/mol. The van der Waals surface area contributed by atoms with Gasteiger partial charge in [0.05, 0.1) is 0 Å². The summed E-state index contributed by atoms with van der Waals surface area (Å²) in [5, 5.41) is 0. The van der Waals surface area contributed by atoms with Crippen LogP contribution >= 0.6 is 0 Å². The van der Waals surface area contributed by atoms with Gasteiger partial charge in [0.25, 0.3) is 0 Å². The molecule has 1 heteroatoms. The number of hydrogen-bond donors (Lipinski definition) is 0. The molecular formula is C13H24O. The first-order chi connectivity index (χ1) is 6.91. The predicted octanol–water partition coefficient (Wildman–Crippen LogP) is 4.27. The Kier molecular flexibility index (Phi) is 11.9. The van der Waals surface area contributed by atoms with E-state index < -0.39 is 0 Å². The highest BCUT2D eigenvalue weighted by molar-refractivity contribution is 5.48. The van der Waals surface area contributed by atoms with Crippen LogP contribution < -0.4 is 0 Å². The normalized spacial score (nSPS) is 10.9. The fraction of sp³-hybridized carbons (Fsp3) is 0.769. The molecule has 0 aromatic heterocycles. The van der Waals surface area contributed by atoms with E-state index in [9.17, 15) is 4.79 Å². The van der Waals surface area contributed by atoms with Crippen LogP contribution in [0, 0.1) is 0 Å². The largest absolute Gasteiger partial charge is 0.303 e. The molecule has 0 aliphatic heterocycles. The summed E-state index contributed by atoms with van der Waals surface area (Å²) in [7, 11) is 0. The third kappa shape index (κ3) is 11.4. The van der Waals surface area contributed by atoms with Gasteiger partial charge in [-0.1, -0.05) is 44.8 Å². The lowest BCUT2D eigenvalue weighted by atomic mass is 10.1. The van der Waals surface area contributed by atoms with Gasteiger partial charge < -0.3 is 4.79 Å². The lowest BCUT2D eigenvalue weighted by molar-refractivity contribution is -0.107. The second-order valence-electron chi connectivity index (χ2n) is 3.77. The minimum absolute atomic E-state index is 0.709. The Morgan fingerprint density at radius 3 is 2.07 bits per heavy atom. The minimum atomic E-state index is 0.709. The molecule has 0 unspecified atom stereocenters. The topological polar surface area (TPSA) is 17.1 Å². The first-order valence-electron chi connectivity index (χ1n) is 6.00. The van der Waals surface area contributed by atoms with Crippen LogP contribution in [0.15, 0.2) is 12.2 Å². The summed E-state index contributed by atoms with van der Waals surface area (Å²) >= 11 is 0. The molecule has 0 amide bonds. The van der Waals surface area contributed by atoms with Crippen LogP contribution in [0.2, 0.25) is 0 Å². The van der Waals surface area contributed by atoms with Gasteiger partial charge in [-0.2, -0.15) is 0 Å². The third-order valence-corrected chi connectivity index (χ3v) is 2.33. The van der Waals surface area contributed by atoms with Crippen molar-refractivity contribution in [2.45, 2.75) is 64.7 Å². The number of carbonyl (C=O) groups excluding carboxylic acids is 1. The summed E-state index contributed by atoms with van der Waals surface area (Å²) in [6, 6.07) is 0. The second kappa shape index (κ2) is 12.4. The smallest absolute Gasteiger partial charge is 0.120 e. The summed E-state index contributed by atoms with van der Waals surface area (Å²) in [6.45, 7) is 2.24. The molecule has 14 heavy (non-hydrogen) atoms. The van der Waals surface area contributed by atoms with E-state index in [1.807, 2.05) is 0 Å². The lowest BCUT2D eigenvalue weighted by Gasteiger charge is -1.95. The second-order valence-corrected chi connectivity index (χ2v) is 3.77. The zero-order valence-electron chi connectivity index (χ0n) is 9.50. The number of aldehydes is 1. The van der Waals surface area contributed by atoms with Gasteiger partial charge in [-0.05, 0) is 25.7 Å². The van der Waals surface area contributed by atoms with Gasteiger partial charge in [0.1, 0.15) is 6.29 Å². The molecule has 0 rings (SSSR count). The molecule has 0 spiro atoms. The molecule has 0 N–H and O–H groups in total. The van der Waals surface area contributed by atoms with Crippen molar-refractivity contribution in [1.82, 2.24) is 0 Å². The van der Waals surface area contributed by atoms with Crippen LogP contribution in [0.25, 0.3) is 0 Å². The third-order valence-electron chi connectivity index (χ3n) is 2.33. The van der Waals surface area contributed by atoms with Gasteiger partial charge in [0.2, 0.25) is 0 Å². The Bertz CT molecular complexity index is 138. The molecule has 0 aromatic rings. The molecule has 0 bridgehead atoms. The monoisotopic (exact) mass is 196 g/mol. The van der Waals surface area contributed by atoms with Gasteiger partial charge >= 0.3 is 0 Å². The highest BCUT2D eigenvalue weighted by atomic mass is 16.1. The van der Waals surface area contributed by atoms with E-state index in [0.717, 1.165) is 19.1 Å². The maximum Gasteiger partial charge on any atom is 0.120 e. The minimum Gasteiger partial charge on any atom is -0.303 e. The predicted molar refractivity (Wildman–Crippen MR) is 62.4 cm³/mol. The van der Waals surface area contributed by atoms with Crippen LogP contribution in [0.5, 0.6) is 0 Å².